The molecule has 3 aliphatic heterocycles. The molecule has 69 heavy (non-hydrogen) atoms. The maximum absolute atomic E-state index is 13.1. The summed E-state index contributed by atoms with van der Waals surface area (Å²) in [5.41, 5.74) is 10.8. The molecule has 0 radical (unpaired) electrons. The fourth-order valence-electron chi connectivity index (χ4n) is 11.0. The highest BCUT2D eigenvalue weighted by Crippen LogP contribution is 2.48. The lowest BCUT2D eigenvalue weighted by molar-refractivity contribution is -0.127. The number of carbonyl (C=O) groups is 6. The van der Waals surface area contributed by atoms with Crippen LogP contribution in [0.15, 0.2) is 115 Å². The van der Waals surface area contributed by atoms with E-state index in [4.69, 9.17) is 14.7 Å². The number of esters is 2. The summed E-state index contributed by atoms with van der Waals surface area (Å²) < 4.78 is 9.51. The molecule has 3 aliphatic carbocycles. The van der Waals surface area contributed by atoms with Crippen LogP contribution in [0.1, 0.15) is 83.7 Å². The van der Waals surface area contributed by atoms with Gasteiger partial charge in [-0.2, -0.15) is 40.5 Å². The first kappa shape index (κ1) is 52.3. The molecule has 0 aromatic heterocycles. The van der Waals surface area contributed by atoms with Crippen molar-refractivity contribution in [2.45, 2.75) is 57.8 Å². The number of hydrogen-bond acceptors (Lipinski definition) is 9. The third-order valence-electron chi connectivity index (χ3n) is 14.5. The highest BCUT2D eigenvalue weighted by Gasteiger charge is 2.52. The fraction of sp³-hybridized carbons (Fsp3) is 0.321. The summed E-state index contributed by atoms with van der Waals surface area (Å²) >= 11 is 0. The quantitative estimate of drug-likeness (QED) is 0.0981. The summed E-state index contributed by atoms with van der Waals surface area (Å²) in [6.07, 6.45) is 6.90. The van der Waals surface area contributed by atoms with Gasteiger partial charge in [-0.05, 0) is 152 Å². The second-order valence-electron chi connectivity index (χ2n) is 18.4. The fourth-order valence-corrected chi connectivity index (χ4v) is 11.0. The van der Waals surface area contributed by atoms with Crippen molar-refractivity contribution >= 4 is 87.4 Å². The van der Waals surface area contributed by atoms with Crippen molar-refractivity contribution in [1.29, 1.82) is 0 Å². The molecule has 3 heterocycles. The number of hydroxylamine groups is 1. The maximum atomic E-state index is 13.1. The van der Waals surface area contributed by atoms with Crippen molar-refractivity contribution in [2.24, 2.45) is 16.2 Å². The van der Waals surface area contributed by atoms with Gasteiger partial charge in [-0.25, -0.2) is 15.1 Å². The monoisotopic (exact) mass is 990 g/mol. The lowest BCUT2D eigenvalue weighted by Crippen LogP contribution is -2.35. The number of nitrogens with zero attached hydrogens (tertiary/aromatic N) is 2. The van der Waals surface area contributed by atoms with E-state index in [2.05, 4.69) is 5.32 Å². The van der Waals surface area contributed by atoms with E-state index < -0.39 is 11.3 Å². The second kappa shape index (κ2) is 21.3. The van der Waals surface area contributed by atoms with Crippen LogP contribution in [-0.2, 0) is 62.4 Å². The first-order valence-corrected chi connectivity index (χ1v) is 22.4. The van der Waals surface area contributed by atoms with Crippen LogP contribution < -0.4 is 20.6 Å². The number of anilines is 2. The molecule has 11 rings (SSSR count). The van der Waals surface area contributed by atoms with Crippen molar-refractivity contribution in [3.05, 3.63) is 165 Å². The average Bonchev–Trinajstić information content (AvgIpc) is 4.21. The molecule has 0 bridgehead atoms. The van der Waals surface area contributed by atoms with Gasteiger partial charge in [0.15, 0.2) is 0 Å². The third kappa shape index (κ3) is 9.89. The number of carbonyl (C=O) groups excluding carboxylic acids is 6. The summed E-state index contributed by atoms with van der Waals surface area (Å²) in [6, 6.07) is 36.2. The molecule has 5 aromatic rings. The number of amides is 4. The topological polar surface area (TPSA) is 172 Å². The molecule has 3 saturated heterocycles. The van der Waals surface area contributed by atoms with Gasteiger partial charge in [0.05, 0.1) is 41.6 Å². The number of methoxy groups -OCH3 is 2. The normalized spacial score (nSPS) is 21.9. The highest BCUT2D eigenvalue weighted by molar-refractivity contribution is 7.59. The third-order valence-corrected chi connectivity index (χ3v) is 14.5. The molecule has 5 aromatic carbocycles. The number of para-hydroxylation sites is 2. The molecule has 4 amide bonds. The SMILES string of the molecule is COC(=O)c1ccc2c(c1)C[C@@]1(CCNC1=O)C2.COC(=O)c1ccc2c(c1)C[C@]1(CCN(c3ccccc3)C1=O)C2.O=C(NO)c1ccc2c(c1)C[C@]1(CCN(c3ccccc3)C1=O)C2.S.S.S. The van der Waals surface area contributed by atoms with Crippen LogP contribution in [0.4, 0.5) is 11.4 Å². The minimum absolute atomic E-state index is 0. The number of ether oxygens (including phenoxy) is 2. The van der Waals surface area contributed by atoms with Gasteiger partial charge in [-0.3, -0.25) is 24.4 Å². The van der Waals surface area contributed by atoms with Gasteiger partial charge in [0.1, 0.15) is 0 Å². The first-order chi connectivity index (χ1) is 31.9. The lowest BCUT2D eigenvalue weighted by Gasteiger charge is -2.22. The molecule has 3 spiro atoms. The Morgan fingerprint density at radius 1 is 0.522 bits per heavy atom. The smallest absolute Gasteiger partial charge is 0.337 e. The summed E-state index contributed by atoms with van der Waals surface area (Å²) in [7, 11) is 2.76. The van der Waals surface area contributed by atoms with E-state index in [0.717, 1.165) is 91.8 Å². The van der Waals surface area contributed by atoms with Crippen molar-refractivity contribution in [1.82, 2.24) is 10.8 Å². The summed E-state index contributed by atoms with van der Waals surface area (Å²) in [6.45, 7) is 2.23. The highest BCUT2D eigenvalue weighted by atomic mass is 32.1. The van der Waals surface area contributed by atoms with E-state index in [0.29, 0.717) is 36.0 Å². The van der Waals surface area contributed by atoms with E-state index in [1.165, 1.54) is 25.3 Å². The van der Waals surface area contributed by atoms with Gasteiger partial charge in [0.2, 0.25) is 17.7 Å². The molecular weight excluding hydrogens is 933 g/mol. The maximum Gasteiger partial charge on any atom is 0.337 e. The van der Waals surface area contributed by atoms with Gasteiger partial charge < -0.3 is 24.6 Å². The van der Waals surface area contributed by atoms with Crippen molar-refractivity contribution < 1.29 is 43.4 Å². The van der Waals surface area contributed by atoms with Crippen molar-refractivity contribution in [3.8, 4) is 0 Å². The zero-order chi connectivity index (χ0) is 46.2. The Morgan fingerprint density at radius 3 is 1.29 bits per heavy atom. The Labute approximate surface area is 422 Å². The van der Waals surface area contributed by atoms with Crippen molar-refractivity contribution in [3.63, 3.8) is 0 Å². The van der Waals surface area contributed by atoms with Crippen LogP contribution in [-0.4, -0.2) is 74.6 Å². The molecule has 362 valence electrons. The molecule has 13 nitrogen and oxygen atoms in total. The van der Waals surface area contributed by atoms with Gasteiger partial charge in [0, 0.05) is 36.6 Å². The largest absolute Gasteiger partial charge is 0.465 e. The molecule has 0 saturated carbocycles. The molecule has 3 N–H and O–H groups in total. The molecule has 6 aliphatic rings. The molecule has 0 unspecified atom stereocenters. The Balaban J connectivity index is 0.000000168. The van der Waals surface area contributed by atoms with Gasteiger partial charge >= 0.3 is 11.9 Å². The Bertz CT molecular complexity index is 2640. The lowest BCUT2D eigenvalue weighted by atomic mass is 9.83. The van der Waals surface area contributed by atoms with Crippen LogP contribution in [0.2, 0.25) is 0 Å². The minimum atomic E-state index is -0.526. The van der Waals surface area contributed by atoms with Crippen LogP contribution >= 0.6 is 40.5 Å². The van der Waals surface area contributed by atoms with Crippen LogP contribution in [0.5, 0.6) is 0 Å². The molecule has 3 atom stereocenters. The second-order valence-corrected chi connectivity index (χ2v) is 18.4. The number of rotatable bonds is 5. The number of nitrogens with one attached hydrogen (secondary N) is 2. The number of fused-ring (bicyclic) bond motifs is 3. The van der Waals surface area contributed by atoms with Gasteiger partial charge in [0.25, 0.3) is 5.91 Å². The van der Waals surface area contributed by atoms with E-state index in [1.54, 1.807) is 29.7 Å². The van der Waals surface area contributed by atoms with E-state index in [-0.39, 0.29) is 81.0 Å². The zero-order valence-corrected chi connectivity index (χ0v) is 41.6. The Morgan fingerprint density at radius 2 is 0.899 bits per heavy atom. The van der Waals surface area contributed by atoms with Crippen LogP contribution in [0, 0.1) is 16.2 Å². The minimum Gasteiger partial charge on any atom is -0.465 e. The van der Waals surface area contributed by atoms with E-state index in [9.17, 15) is 28.8 Å². The average molecular weight is 991 g/mol. The standard InChI is InChI=1S/C20H19NO3.C19H18N2O3.C14H15NO3.3H2S/c1-24-18(22)14-7-8-15-12-20(13-16(15)11-14)9-10-21(19(20)23)17-5-3-2-4-6-17;22-17(20-24)13-6-7-14-11-19(12-15(14)10-13)8-9-21(18(19)23)16-4-2-1-3-5-16;1-18-12(16)9-2-3-10-7-14(8-11(10)6-9)4-5-15-13(14)17;;;/h2-8,11H,9-10,12-13H2,1H3;1-7,10,24H,8-9,11-12H2,(H,20,22);2-3,6H,4-5,7-8H2,1H3,(H,15,17);3*1H2/t20-;19-;14-;;;/m001.../s1. The predicted molar refractivity (Wildman–Crippen MR) is 276 cm³/mol. The Hall–Kier alpha value is -6.07. The zero-order valence-electron chi connectivity index (χ0n) is 38.6. The summed E-state index contributed by atoms with van der Waals surface area (Å²) in [5.74, 6) is -0.666. The molecule has 16 heteroatoms. The van der Waals surface area contributed by atoms with Crippen molar-refractivity contribution in [2.75, 3.05) is 43.7 Å². The Kier molecular flexibility index (Phi) is 16.1. The van der Waals surface area contributed by atoms with Crippen LogP contribution in [0.3, 0.4) is 0 Å². The van der Waals surface area contributed by atoms with Gasteiger partial charge in [-0.15, -0.1) is 0 Å². The summed E-state index contributed by atoms with van der Waals surface area (Å²) in [4.78, 5) is 76.7. The summed E-state index contributed by atoms with van der Waals surface area (Å²) in [5, 5.41) is 11.7. The van der Waals surface area contributed by atoms with E-state index >= 15 is 0 Å². The number of benzene rings is 5. The van der Waals surface area contributed by atoms with Crippen LogP contribution in [0.25, 0.3) is 0 Å². The molecular formula is C53H58N4O9S3. The molecule has 3 fully saturated rings. The van der Waals surface area contributed by atoms with Gasteiger partial charge in [-0.1, -0.05) is 54.6 Å². The predicted octanol–water partition coefficient (Wildman–Crippen LogP) is 6.74. The first-order valence-electron chi connectivity index (χ1n) is 22.4. The van der Waals surface area contributed by atoms with E-state index in [1.807, 2.05) is 101 Å². The number of hydrogen-bond donors (Lipinski definition) is 3.